The molecule has 2 rings (SSSR count). The molecule has 1 fully saturated rings. The number of carbonyl (C=O) groups excluding carboxylic acids is 1. The van der Waals surface area contributed by atoms with Crippen LogP contribution in [0, 0.1) is 5.41 Å². The fourth-order valence-electron chi connectivity index (χ4n) is 3.18. The number of carbonyl (C=O) groups is 1. The van der Waals surface area contributed by atoms with Gasteiger partial charge in [-0.25, -0.2) is 0 Å². The summed E-state index contributed by atoms with van der Waals surface area (Å²) < 4.78 is 5.64. The standard InChI is InChI=1S/C14H20O2/c1-8(6-9(2)15)12-10(3)13-11(16-13)7-14(12,4)5/h6,11,13H,7H2,1-5H3/b8-6+. The number of ether oxygens (including phenoxy) is 1. The molecule has 2 nitrogen and oxygen atoms in total. The molecule has 0 amide bonds. The Hall–Kier alpha value is -0.890. The van der Waals surface area contributed by atoms with Crippen LogP contribution in [0.25, 0.3) is 0 Å². The highest BCUT2D eigenvalue weighted by atomic mass is 16.6. The molecule has 0 saturated carbocycles. The summed E-state index contributed by atoms with van der Waals surface area (Å²) in [5.41, 5.74) is 3.86. The predicted octanol–water partition coefficient (Wildman–Crippen LogP) is 3.04. The van der Waals surface area contributed by atoms with Crippen LogP contribution < -0.4 is 0 Å². The van der Waals surface area contributed by atoms with E-state index in [0.717, 1.165) is 12.0 Å². The van der Waals surface area contributed by atoms with Crippen molar-refractivity contribution < 1.29 is 9.53 Å². The van der Waals surface area contributed by atoms with Crippen molar-refractivity contribution in [3.8, 4) is 0 Å². The highest BCUT2D eigenvalue weighted by molar-refractivity contribution is 5.88. The topological polar surface area (TPSA) is 29.6 Å². The Kier molecular flexibility index (Phi) is 2.58. The monoisotopic (exact) mass is 220 g/mol. The summed E-state index contributed by atoms with van der Waals surface area (Å²) in [6.07, 6.45) is 3.54. The second-order valence-electron chi connectivity index (χ2n) is 5.68. The quantitative estimate of drug-likeness (QED) is 0.529. The molecule has 0 N–H and O–H groups in total. The molecule has 1 saturated heterocycles. The minimum absolute atomic E-state index is 0.118. The van der Waals surface area contributed by atoms with E-state index in [4.69, 9.17) is 4.74 Å². The van der Waals surface area contributed by atoms with Gasteiger partial charge in [0.25, 0.3) is 0 Å². The third-order valence-electron chi connectivity index (χ3n) is 3.61. The van der Waals surface area contributed by atoms with E-state index >= 15 is 0 Å². The van der Waals surface area contributed by atoms with Crippen molar-refractivity contribution >= 4 is 5.78 Å². The van der Waals surface area contributed by atoms with Crippen molar-refractivity contribution in [3.05, 3.63) is 22.8 Å². The third-order valence-corrected chi connectivity index (χ3v) is 3.61. The van der Waals surface area contributed by atoms with Gasteiger partial charge < -0.3 is 4.74 Å². The maximum atomic E-state index is 11.2. The van der Waals surface area contributed by atoms with E-state index in [9.17, 15) is 4.79 Å². The molecule has 0 aromatic heterocycles. The van der Waals surface area contributed by atoms with Gasteiger partial charge in [0.1, 0.15) is 6.10 Å². The molecular weight excluding hydrogens is 200 g/mol. The average Bonchev–Trinajstić information content (AvgIpc) is 2.79. The Morgan fingerprint density at radius 2 is 2.06 bits per heavy atom. The van der Waals surface area contributed by atoms with Gasteiger partial charge in [-0.15, -0.1) is 0 Å². The first-order valence-corrected chi connectivity index (χ1v) is 5.89. The van der Waals surface area contributed by atoms with Crippen molar-refractivity contribution in [2.24, 2.45) is 5.41 Å². The zero-order chi connectivity index (χ0) is 12.1. The smallest absolute Gasteiger partial charge is 0.152 e. The lowest BCUT2D eigenvalue weighted by Gasteiger charge is -2.33. The first kappa shape index (κ1) is 11.6. The molecule has 88 valence electrons. The number of rotatable bonds is 2. The molecule has 0 aromatic rings. The second-order valence-corrected chi connectivity index (χ2v) is 5.68. The second kappa shape index (κ2) is 3.56. The molecule has 1 aliphatic carbocycles. The van der Waals surface area contributed by atoms with Gasteiger partial charge in [-0.05, 0) is 55.4 Å². The average molecular weight is 220 g/mol. The van der Waals surface area contributed by atoms with Crippen LogP contribution >= 0.6 is 0 Å². The van der Waals surface area contributed by atoms with Crippen LogP contribution in [0.3, 0.4) is 0 Å². The molecule has 0 spiro atoms. The van der Waals surface area contributed by atoms with Gasteiger partial charge in [0, 0.05) is 0 Å². The van der Waals surface area contributed by atoms with Crippen LogP contribution in [-0.2, 0) is 9.53 Å². The molecule has 2 unspecified atom stereocenters. The van der Waals surface area contributed by atoms with Gasteiger partial charge in [0.2, 0.25) is 0 Å². The lowest BCUT2D eigenvalue weighted by Crippen LogP contribution is -2.26. The maximum absolute atomic E-state index is 11.2. The number of epoxide rings is 1. The summed E-state index contributed by atoms with van der Waals surface area (Å²) in [6.45, 7) is 10.2. The van der Waals surface area contributed by atoms with Crippen LogP contribution in [-0.4, -0.2) is 18.0 Å². The largest absolute Gasteiger partial charge is 0.365 e. The molecule has 0 bridgehead atoms. The lowest BCUT2D eigenvalue weighted by molar-refractivity contribution is -0.112. The maximum Gasteiger partial charge on any atom is 0.152 e. The van der Waals surface area contributed by atoms with Gasteiger partial charge in [-0.2, -0.15) is 0 Å². The Morgan fingerprint density at radius 3 is 2.62 bits per heavy atom. The van der Waals surface area contributed by atoms with Crippen LogP contribution in [0.4, 0.5) is 0 Å². The summed E-state index contributed by atoms with van der Waals surface area (Å²) in [5, 5.41) is 0. The summed E-state index contributed by atoms with van der Waals surface area (Å²) in [5.74, 6) is 0.118. The van der Waals surface area contributed by atoms with Crippen molar-refractivity contribution in [2.45, 2.75) is 53.2 Å². The number of fused-ring (bicyclic) bond motifs is 1. The number of hydrogen-bond acceptors (Lipinski definition) is 2. The van der Waals surface area contributed by atoms with Gasteiger partial charge in [0.05, 0.1) is 6.10 Å². The van der Waals surface area contributed by atoms with E-state index in [-0.39, 0.29) is 11.2 Å². The molecule has 16 heavy (non-hydrogen) atoms. The Bertz CT molecular complexity index is 399. The van der Waals surface area contributed by atoms with Crippen molar-refractivity contribution in [3.63, 3.8) is 0 Å². The molecule has 2 aliphatic rings. The normalized spacial score (nSPS) is 32.4. The molecular formula is C14H20O2. The van der Waals surface area contributed by atoms with E-state index in [1.807, 2.05) is 6.92 Å². The van der Waals surface area contributed by atoms with Gasteiger partial charge >= 0.3 is 0 Å². The van der Waals surface area contributed by atoms with E-state index in [1.54, 1.807) is 13.0 Å². The summed E-state index contributed by atoms with van der Waals surface area (Å²) in [4.78, 5) is 11.2. The van der Waals surface area contributed by atoms with Gasteiger partial charge in [-0.1, -0.05) is 13.8 Å². The number of hydrogen-bond donors (Lipinski definition) is 0. The SMILES string of the molecule is CC(=O)/C=C(\C)C1=C(C)C2OC2CC1(C)C. The number of allylic oxidation sites excluding steroid dienone is 3. The molecule has 0 radical (unpaired) electrons. The highest BCUT2D eigenvalue weighted by Crippen LogP contribution is 2.51. The Labute approximate surface area is 97.4 Å². The third kappa shape index (κ3) is 1.86. The van der Waals surface area contributed by atoms with Crippen molar-refractivity contribution in [2.75, 3.05) is 0 Å². The predicted molar refractivity (Wildman–Crippen MR) is 64.2 cm³/mol. The Balaban J connectivity index is 2.43. The van der Waals surface area contributed by atoms with Crippen molar-refractivity contribution in [1.82, 2.24) is 0 Å². The first-order chi connectivity index (χ1) is 7.33. The van der Waals surface area contributed by atoms with E-state index < -0.39 is 0 Å². The van der Waals surface area contributed by atoms with E-state index in [2.05, 4.69) is 20.8 Å². The van der Waals surface area contributed by atoms with Crippen molar-refractivity contribution in [1.29, 1.82) is 0 Å². The van der Waals surface area contributed by atoms with E-state index in [0.29, 0.717) is 12.2 Å². The highest BCUT2D eigenvalue weighted by Gasteiger charge is 2.50. The lowest BCUT2D eigenvalue weighted by atomic mass is 9.70. The minimum Gasteiger partial charge on any atom is -0.365 e. The van der Waals surface area contributed by atoms with Crippen LogP contribution in [0.5, 0.6) is 0 Å². The van der Waals surface area contributed by atoms with Gasteiger partial charge in [-0.3, -0.25) is 4.79 Å². The summed E-state index contributed by atoms with van der Waals surface area (Å²) >= 11 is 0. The molecule has 1 aliphatic heterocycles. The van der Waals surface area contributed by atoms with Crippen LogP contribution in [0.2, 0.25) is 0 Å². The van der Waals surface area contributed by atoms with E-state index in [1.165, 1.54) is 11.1 Å². The fourth-order valence-corrected chi connectivity index (χ4v) is 3.18. The zero-order valence-electron chi connectivity index (χ0n) is 10.8. The summed E-state index contributed by atoms with van der Waals surface area (Å²) in [6, 6.07) is 0. The van der Waals surface area contributed by atoms with Gasteiger partial charge in [0.15, 0.2) is 5.78 Å². The van der Waals surface area contributed by atoms with Crippen LogP contribution in [0.15, 0.2) is 22.8 Å². The first-order valence-electron chi connectivity index (χ1n) is 5.89. The molecule has 2 heteroatoms. The fraction of sp³-hybridized carbons (Fsp3) is 0.643. The van der Waals surface area contributed by atoms with Crippen LogP contribution in [0.1, 0.15) is 41.0 Å². The molecule has 0 aromatic carbocycles. The molecule has 2 atom stereocenters. The minimum atomic E-state index is 0.118. The number of ketones is 1. The zero-order valence-corrected chi connectivity index (χ0v) is 10.8. The molecule has 1 heterocycles. The Morgan fingerprint density at radius 1 is 1.44 bits per heavy atom. The summed E-state index contributed by atoms with van der Waals surface area (Å²) in [7, 11) is 0.